The number of carbonyl (C=O) groups excluding carboxylic acids is 1. The van der Waals surface area contributed by atoms with Gasteiger partial charge in [0.1, 0.15) is 5.75 Å². The Kier molecular flexibility index (Phi) is 4.33. The quantitative estimate of drug-likeness (QED) is 0.856. The fourth-order valence-electron chi connectivity index (χ4n) is 1.10. The van der Waals surface area contributed by atoms with Crippen molar-refractivity contribution < 1.29 is 27.8 Å². The zero-order valence-corrected chi connectivity index (χ0v) is 8.62. The van der Waals surface area contributed by atoms with Gasteiger partial charge in [-0.3, -0.25) is 4.79 Å². The standard InChI is InChI=1S/C10H10F3NO3/c11-10(12,13)17-8-3-1-2-7(6-8)14-9(16)4-5-15/h1-3,6,15H,4-5H2,(H,14,16). The molecular weight excluding hydrogens is 239 g/mol. The van der Waals surface area contributed by atoms with E-state index in [1.165, 1.54) is 12.1 Å². The fraction of sp³-hybridized carbons (Fsp3) is 0.300. The van der Waals surface area contributed by atoms with Gasteiger partial charge in [-0.25, -0.2) is 0 Å². The second kappa shape index (κ2) is 5.53. The van der Waals surface area contributed by atoms with Crippen LogP contribution in [0.1, 0.15) is 6.42 Å². The number of halogens is 3. The Labute approximate surface area is 95.0 Å². The van der Waals surface area contributed by atoms with Crippen LogP contribution in [0.15, 0.2) is 24.3 Å². The van der Waals surface area contributed by atoms with Crippen molar-refractivity contribution >= 4 is 11.6 Å². The molecule has 0 spiro atoms. The summed E-state index contributed by atoms with van der Waals surface area (Å²) in [6.45, 7) is -0.329. The van der Waals surface area contributed by atoms with Crippen molar-refractivity contribution in [3.8, 4) is 5.75 Å². The lowest BCUT2D eigenvalue weighted by molar-refractivity contribution is -0.274. The van der Waals surface area contributed by atoms with E-state index in [0.717, 1.165) is 12.1 Å². The van der Waals surface area contributed by atoms with E-state index >= 15 is 0 Å². The molecule has 4 nitrogen and oxygen atoms in total. The molecular formula is C10H10F3NO3. The van der Waals surface area contributed by atoms with Crippen molar-refractivity contribution in [1.29, 1.82) is 0 Å². The smallest absolute Gasteiger partial charge is 0.406 e. The van der Waals surface area contributed by atoms with Gasteiger partial charge in [-0.15, -0.1) is 13.2 Å². The molecule has 0 saturated heterocycles. The van der Waals surface area contributed by atoms with Crippen molar-refractivity contribution in [1.82, 2.24) is 0 Å². The van der Waals surface area contributed by atoms with Gasteiger partial charge in [0.2, 0.25) is 5.91 Å². The van der Waals surface area contributed by atoms with Crippen LogP contribution in [0.4, 0.5) is 18.9 Å². The number of hydrogen-bond acceptors (Lipinski definition) is 3. The molecule has 0 aliphatic carbocycles. The molecule has 0 aliphatic heterocycles. The molecule has 1 rings (SSSR count). The minimum atomic E-state index is -4.77. The van der Waals surface area contributed by atoms with Crippen LogP contribution in [-0.4, -0.2) is 24.0 Å². The Morgan fingerprint density at radius 1 is 1.41 bits per heavy atom. The number of aliphatic hydroxyl groups is 1. The molecule has 0 atom stereocenters. The Bertz CT molecular complexity index is 393. The van der Waals surface area contributed by atoms with E-state index < -0.39 is 18.0 Å². The van der Waals surface area contributed by atoms with E-state index in [1.54, 1.807) is 0 Å². The molecule has 0 radical (unpaired) electrons. The summed E-state index contributed by atoms with van der Waals surface area (Å²) in [5.41, 5.74) is 0.171. The molecule has 0 bridgehead atoms. The number of alkyl halides is 3. The minimum Gasteiger partial charge on any atom is -0.406 e. The molecule has 1 amide bonds. The van der Waals surface area contributed by atoms with Crippen LogP contribution < -0.4 is 10.1 Å². The van der Waals surface area contributed by atoms with Crippen LogP contribution in [0, 0.1) is 0 Å². The summed E-state index contributed by atoms with van der Waals surface area (Å²) in [7, 11) is 0. The van der Waals surface area contributed by atoms with Gasteiger partial charge >= 0.3 is 6.36 Å². The molecule has 0 saturated carbocycles. The van der Waals surface area contributed by atoms with E-state index in [0.29, 0.717) is 0 Å². The number of anilines is 1. The Hall–Kier alpha value is -1.76. The van der Waals surface area contributed by atoms with E-state index in [9.17, 15) is 18.0 Å². The number of nitrogens with one attached hydrogen (secondary N) is 1. The highest BCUT2D eigenvalue weighted by Crippen LogP contribution is 2.24. The van der Waals surface area contributed by atoms with E-state index in [1.807, 2.05) is 0 Å². The summed E-state index contributed by atoms with van der Waals surface area (Å²) in [6, 6.07) is 4.89. The number of hydrogen-bond donors (Lipinski definition) is 2. The van der Waals surface area contributed by atoms with Crippen LogP contribution in [0.3, 0.4) is 0 Å². The third kappa shape index (κ3) is 5.21. The summed E-state index contributed by atoms with van der Waals surface area (Å²) in [6.07, 6.45) is -4.89. The summed E-state index contributed by atoms with van der Waals surface area (Å²) in [4.78, 5) is 11.1. The summed E-state index contributed by atoms with van der Waals surface area (Å²) < 4.78 is 39.4. The highest BCUT2D eigenvalue weighted by atomic mass is 19.4. The second-order valence-electron chi connectivity index (χ2n) is 3.10. The van der Waals surface area contributed by atoms with Gasteiger partial charge in [0.25, 0.3) is 0 Å². The van der Waals surface area contributed by atoms with Crippen LogP contribution in [0.25, 0.3) is 0 Å². The number of rotatable bonds is 4. The van der Waals surface area contributed by atoms with Crippen molar-refractivity contribution in [2.75, 3.05) is 11.9 Å². The largest absolute Gasteiger partial charge is 0.573 e. The maximum Gasteiger partial charge on any atom is 0.573 e. The van der Waals surface area contributed by atoms with Gasteiger partial charge in [0.05, 0.1) is 13.0 Å². The lowest BCUT2D eigenvalue weighted by Gasteiger charge is -2.10. The lowest BCUT2D eigenvalue weighted by atomic mass is 10.3. The second-order valence-corrected chi connectivity index (χ2v) is 3.10. The monoisotopic (exact) mass is 249 g/mol. The third-order valence-electron chi connectivity index (χ3n) is 1.69. The first-order valence-corrected chi connectivity index (χ1v) is 4.67. The van der Waals surface area contributed by atoms with Gasteiger partial charge in [0.15, 0.2) is 0 Å². The summed E-state index contributed by atoms with van der Waals surface area (Å²) in [5.74, 6) is -0.907. The Balaban J connectivity index is 2.69. The normalized spacial score (nSPS) is 11.1. The predicted molar refractivity (Wildman–Crippen MR) is 53.5 cm³/mol. The predicted octanol–water partition coefficient (Wildman–Crippen LogP) is 1.91. The van der Waals surface area contributed by atoms with Crippen molar-refractivity contribution in [2.24, 2.45) is 0 Å². The molecule has 2 N–H and O–H groups in total. The first-order chi connectivity index (χ1) is 7.90. The lowest BCUT2D eigenvalue weighted by Crippen LogP contribution is -2.17. The summed E-state index contributed by atoms with van der Waals surface area (Å²) in [5, 5.41) is 10.8. The van der Waals surface area contributed by atoms with Crippen molar-refractivity contribution in [3.63, 3.8) is 0 Å². The fourth-order valence-corrected chi connectivity index (χ4v) is 1.10. The molecule has 0 aliphatic rings. The Morgan fingerprint density at radius 2 is 2.12 bits per heavy atom. The zero-order valence-electron chi connectivity index (χ0n) is 8.62. The summed E-state index contributed by atoms with van der Waals surface area (Å²) >= 11 is 0. The van der Waals surface area contributed by atoms with Crippen molar-refractivity contribution in [2.45, 2.75) is 12.8 Å². The van der Waals surface area contributed by atoms with E-state index in [-0.39, 0.29) is 18.7 Å². The van der Waals surface area contributed by atoms with Gasteiger partial charge in [-0.2, -0.15) is 0 Å². The molecule has 0 aromatic heterocycles. The molecule has 7 heteroatoms. The SMILES string of the molecule is O=C(CCO)Nc1cccc(OC(F)(F)F)c1. The van der Waals surface area contributed by atoms with E-state index in [2.05, 4.69) is 10.1 Å². The zero-order chi connectivity index (χ0) is 12.9. The number of amides is 1. The highest BCUT2D eigenvalue weighted by molar-refractivity contribution is 5.90. The highest BCUT2D eigenvalue weighted by Gasteiger charge is 2.31. The minimum absolute atomic E-state index is 0.121. The average molecular weight is 249 g/mol. The third-order valence-corrected chi connectivity index (χ3v) is 1.69. The van der Waals surface area contributed by atoms with Gasteiger partial charge in [-0.1, -0.05) is 6.07 Å². The van der Waals surface area contributed by atoms with Gasteiger partial charge in [0, 0.05) is 11.8 Å². The molecule has 17 heavy (non-hydrogen) atoms. The first kappa shape index (κ1) is 13.3. The molecule has 0 heterocycles. The van der Waals surface area contributed by atoms with Gasteiger partial charge < -0.3 is 15.2 Å². The molecule has 1 aromatic rings. The maximum absolute atomic E-state index is 11.9. The van der Waals surface area contributed by atoms with Crippen LogP contribution in [0.5, 0.6) is 5.75 Å². The van der Waals surface area contributed by atoms with Crippen LogP contribution >= 0.6 is 0 Å². The first-order valence-electron chi connectivity index (χ1n) is 4.67. The maximum atomic E-state index is 11.9. The molecule has 0 unspecified atom stereocenters. The van der Waals surface area contributed by atoms with Crippen LogP contribution in [-0.2, 0) is 4.79 Å². The number of aliphatic hydroxyl groups excluding tert-OH is 1. The average Bonchev–Trinajstić information content (AvgIpc) is 2.15. The topological polar surface area (TPSA) is 58.6 Å². The van der Waals surface area contributed by atoms with Gasteiger partial charge in [-0.05, 0) is 12.1 Å². The van der Waals surface area contributed by atoms with E-state index in [4.69, 9.17) is 5.11 Å². The van der Waals surface area contributed by atoms with Crippen molar-refractivity contribution in [3.05, 3.63) is 24.3 Å². The molecule has 1 aromatic carbocycles. The van der Waals surface area contributed by atoms with Crippen LogP contribution in [0.2, 0.25) is 0 Å². The molecule has 94 valence electrons. The number of carbonyl (C=O) groups is 1. The number of benzene rings is 1. The molecule has 0 fully saturated rings. The Morgan fingerprint density at radius 3 is 2.71 bits per heavy atom. The number of ether oxygens (including phenoxy) is 1.